The van der Waals surface area contributed by atoms with E-state index in [2.05, 4.69) is 16.4 Å². The van der Waals surface area contributed by atoms with Gasteiger partial charge in [-0.2, -0.15) is 0 Å². The summed E-state index contributed by atoms with van der Waals surface area (Å²) in [6.45, 7) is 4.48. The predicted molar refractivity (Wildman–Crippen MR) is 102 cm³/mol. The first kappa shape index (κ1) is 17.5. The number of hydrogen-bond acceptors (Lipinski definition) is 4. The molecule has 0 atom stereocenters. The van der Waals surface area contributed by atoms with Gasteiger partial charge in [0.1, 0.15) is 17.3 Å². The van der Waals surface area contributed by atoms with Crippen LogP contribution in [0.4, 0.5) is 5.82 Å². The highest BCUT2D eigenvalue weighted by molar-refractivity contribution is 5.98. The number of aryl methyl sites for hydroxylation is 2. The van der Waals surface area contributed by atoms with Crippen LogP contribution >= 0.6 is 0 Å². The number of hydrogen-bond donors (Lipinski definition) is 2. The van der Waals surface area contributed by atoms with Gasteiger partial charge in [-0.1, -0.05) is 18.2 Å². The summed E-state index contributed by atoms with van der Waals surface area (Å²) < 4.78 is 5.89. The molecular weight excluding hydrogens is 326 g/mol. The summed E-state index contributed by atoms with van der Waals surface area (Å²) in [7, 11) is 0. The van der Waals surface area contributed by atoms with Gasteiger partial charge in [-0.3, -0.25) is 4.79 Å². The zero-order chi connectivity index (χ0) is 18.5. The summed E-state index contributed by atoms with van der Waals surface area (Å²) in [6.07, 6.45) is 1.56. The van der Waals surface area contributed by atoms with Crippen LogP contribution in [0.1, 0.15) is 27.0 Å². The van der Waals surface area contributed by atoms with Crippen LogP contribution in [0, 0.1) is 13.8 Å². The minimum atomic E-state index is -0.244. The van der Waals surface area contributed by atoms with Crippen molar-refractivity contribution in [2.45, 2.75) is 20.4 Å². The summed E-state index contributed by atoms with van der Waals surface area (Å²) in [5, 5.41) is 2.84. The van der Waals surface area contributed by atoms with E-state index in [9.17, 15) is 4.79 Å². The molecule has 0 saturated heterocycles. The summed E-state index contributed by atoms with van der Waals surface area (Å²) in [4.78, 5) is 16.1. The summed E-state index contributed by atoms with van der Waals surface area (Å²) in [6, 6.07) is 17.1. The number of carbonyl (C=O) groups is 1. The van der Waals surface area contributed by atoms with Gasteiger partial charge in [-0.25, -0.2) is 4.98 Å². The van der Waals surface area contributed by atoms with Gasteiger partial charge < -0.3 is 15.8 Å². The molecule has 5 nitrogen and oxygen atoms in total. The molecule has 0 radical (unpaired) electrons. The van der Waals surface area contributed by atoms with Crippen molar-refractivity contribution in [3.8, 4) is 11.5 Å². The molecule has 0 saturated carbocycles. The molecule has 0 unspecified atom stereocenters. The number of aromatic nitrogens is 1. The molecule has 0 aliphatic carbocycles. The number of nitrogens with zero attached hydrogens (tertiary/aromatic N) is 1. The molecule has 3 N–H and O–H groups in total. The van der Waals surface area contributed by atoms with Gasteiger partial charge in [-0.15, -0.1) is 0 Å². The Morgan fingerprint density at radius 2 is 1.73 bits per heavy atom. The van der Waals surface area contributed by atoms with Crippen molar-refractivity contribution < 1.29 is 9.53 Å². The fourth-order valence-corrected chi connectivity index (χ4v) is 2.69. The van der Waals surface area contributed by atoms with E-state index in [1.165, 1.54) is 0 Å². The van der Waals surface area contributed by atoms with Crippen LogP contribution in [0.2, 0.25) is 0 Å². The average Bonchev–Trinajstić information content (AvgIpc) is 2.60. The van der Waals surface area contributed by atoms with Crippen molar-refractivity contribution >= 4 is 11.7 Å². The lowest BCUT2D eigenvalue weighted by atomic mass is 10.1. The van der Waals surface area contributed by atoms with Crippen LogP contribution in [0.5, 0.6) is 11.5 Å². The third kappa shape index (κ3) is 4.39. The van der Waals surface area contributed by atoms with E-state index in [0.29, 0.717) is 12.1 Å². The summed E-state index contributed by atoms with van der Waals surface area (Å²) >= 11 is 0. The number of carbonyl (C=O) groups excluding carboxylic acids is 1. The smallest absolute Gasteiger partial charge is 0.255 e. The molecule has 132 valence electrons. The zero-order valence-corrected chi connectivity index (χ0v) is 14.8. The first-order valence-electron chi connectivity index (χ1n) is 8.35. The number of anilines is 1. The summed E-state index contributed by atoms with van der Waals surface area (Å²) in [5.74, 6) is 1.55. The van der Waals surface area contributed by atoms with Gasteiger partial charge in [-0.05, 0) is 66.9 Å². The van der Waals surface area contributed by atoms with Gasteiger partial charge in [0.2, 0.25) is 0 Å². The van der Waals surface area contributed by atoms with E-state index < -0.39 is 0 Å². The van der Waals surface area contributed by atoms with Crippen molar-refractivity contribution in [2.75, 3.05) is 5.73 Å². The van der Waals surface area contributed by atoms with Crippen molar-refractivity contribution in [1.82, 2.24) is 10.3 Å². The van der Waals surface area contributed by atoms with Crippen molar-refractivity contribution in [3.05, 3.63) is 83.0 Å². The van der Waals surface area contributed by atoms with Gasteiger partial charge in [0, 0.05) is 12.7 Å². The minimum absolute atomic E-state index is 0.224. The molecule has 0 bridgehead atoms. The Balaban J connectivity index is 1.61. The van der Waals surface area contributed by atoms with E-state index in [0.717, 1.165) is 28.2 Å². The largest absolute Gasteiger partial charge is 0.457 e. The average molecular weight is 347 g/mol. The number of nitrogen functional groups attached to an aromatic ring is 1. The first-order valence-corrected chi connectivity index (χ1v) is 8.35. The van der Waals surface area contributed by atoms with Crippen LogP contribution in [0.3, 0.4) is 0 Å². The highest BCUT2D eigenvalue weighted by Gasteiger charge is 2.09. The molecule has 26 heavy (non-hydrogen) atoms. The molecule has 3 aromatic rings. The Kier molecular flexibility index (Phi) is 5.17. The Morgan fingerprint density at radius 1 is 1.04 bits per heavy atom. The fourth-order valence-electron chi connectivity index (χ4n) is 2.69. The fraction of sp³-hybridized carbons (Fsp3) is 0.143. The number of nitrogens with one attached hydrogen (secondary N) is 1. The lowest BCUT2D eigenvalue weighted by molar-refractivity contribution is 0.0951. The van der Waals surface area contributed by atoms with E-state index in [-0.39, 0.29) is 11.7 Å². The van der Waals surface area contributed by atoms with Gasteiger partial charge in [0.05, 0.1) is 5.56 Å². The van der Waals surface area contributed by atoms with Gasteiger partial charge in [0.15, 0.2) is 0 Å². The number of amides is 1. The number of rotatable bonds is 5. The Labute approximate surface area is 152 Å². The first-order chi connectivity index (χ1) is 12.5. The number of benzene rings is 2. The molecule has 0 aliphatic rings. The maximum atomic E-state index is 12.2. The molecule has 0 spiro atoms. The second-order valence-corrected chi connectivity index (χ2v) is 6.19. The lowest BCUT2D eigenvalue weighted by Crippen LogP contribution is -2.24. The number of pyridine rings is 1. The Bertz CT molecular complexity index is 901. The molecule has 1 amide bonds. The Hall–Kier alpha value is -3.34. The van der Waals surface area contributed by atoms with E-state index >= 15 is 0 Å². The molecule has 5 heteroatoms. The normalized spacial score (nSPS) is 10.4. The molecule has 2 aromatic carbocycles. The zero-order valence-electron chi connectivity index (χ0n) is 14.8. The molecular formula is C21H21N3O2. The van der Waals surface area contributed by atoms with Crippen molar-refractivity contribution in [3.63, 3.8) is 0 Å². The topological polar surface area (TPSA) is 77.2 Å². The third-order valence-electron chi connectivity index (χ3n) is 3.89. The SMILES string of the molecule is Cc1cc(C)cc(Oc2ccc(CNC(=O)c3cccnc3N)cc2)c1. The molecule has 3 rings (SSSR count). The van der Waals surface area contributed by atoms with Crippen LogP contribution in [-0.4, -0.2) is 10.9 Å². The van der Waals surface area contributed by atoms with Gasteiger partial charge in [0.25, 0.3) is 5.91 Å². The van der Waals surface area contributed by atoms with E-state index in [1.54, 1.807) is 18.3 Å². The molecule has 0 fully saturated rings. The summed E-state index contributed by atoms with van der Waals surface area (Å²) in [5.41, 5.74) is 9.38. The lowest BCUT2D eigenvalue weighted by Gasteiger charge is -2.10. The van der Waals surface area contributed by atoms with Crippen molar-refractivity contribution in [2.24, 2.45) is 0 Å². The van der Waals surface area contributed by atoms with Gasteiger partial charge >= 0.3 is 0 Å². The minimum Gasteiger partial charge on any atom is -0.457 e. The number of nitrogens with two attached hydrogens (primary N) is 1. The Morgan fingerprint density at radius 3 is 2.38 bits per heavy atom. The highest BCUT2D eigenvalue weighted by Crippen LogP contribution is 2.24. The molecule has 1 heterocycles. The van der Waals surface area contributed by atoms with Crippen LogP contribution in [-0.2, 0) is 6.54 Å². The monoisotopic (exact) mass is 347 g/mol. The van der Waals surface area contributed by atoms with Crippen LogP contribution in [0.25, 0.3) is 0 Å². The standard InChI is InChI=1S/C21H21N3O2/c1-14-10-15(2)12-18(11-14)26-17-7-5-16(6-8-17)13-24-21(25)19-4-3-9-23-20(19)22/h3-12H,13H2,1-2H3,(H2,22,23)(H,24,25). The third-order valence-corrected chi connectivity index (χ3v) is 3.89. The second kappa shape index (κ2) is 7.70. The molecule has 0 aliphatic heterocycles. The van der Waals surface area contributed by atoms with E-state index in [4.69, 9.17) is 10.5 Å². The number of ether oxygens (including phenoxy) is 1. The molecule has 1 aromatic heterocycles. The van der Waals surface area contributed by atoms with Crippen LogP contribution in [0.15, 0.2) is 60.8 Å². The highest BCUT2D eigenvalue weighted by atomic mass is 16.5. The van der Waals surface area contributed by atoms with E-state index in [1.807, 2.05) is 50.2 Å². The van der Waals surface area contributed by atoms with Crippen LogP contribution < -0.4 is 15.8 Å². The maximum absolute atomic E-state index is 12.2. The quantitative estimate of drug-likeness (QED) is 0.731. The maximum Gasteiger partial charge on any atom is 0.255 e. The predicted octanol–water partition coefficient (Wildman–Crippen LogP) is 4.00. The second-order valence-electron chi connectivity index (χ2n) is 6.19. The van der Waals surface area contributed by atoms with Crippen molar-refractivity contribution in [1.29, 1.82) is 0 Å².